The van der Waals surface area contributed by atoms with Crippen LogP contribution in [0.25, 0.3) is 0 Å². The lowest BCUT2D eigenvalue weighted by molar-refractivity contribution is 0.612. The first kappa shape index (κ1) is 10.0. The maximum atomic E-state index is 4.60. The molecule has 1 aliphatic heterocycles. The van der Waals surface area contributed by atoms with Gasteiger partial charge in [0.2, 0.25) is 5.95 Å². The zero-order chi connectivity index (χ0) is 10.1. The summed E-state index contributed by atoms with van der Waals surface area (Å²) in [6.07, 6.45) is 2.23. The SMILES string of the molecule is CC(C)Cc1nc2n(c1Br)CCCN2. The number of fused-ring (bicyclic) bond motifs is 1. The van der Waals surface area contributed by atoms with Crippen LogP contribution in [0.4, 0.5) is 5.95 Å². The van der Waals surface area contributed by atoms with Gasteiger partial charge in [-0.1, -0.05) is 13.8 Å². The van der Waals surface area contributed by atoms with Gasteiger partial charge in [-0.05, 0) is 34.7 Å². The maximum absolute atomic E-state index is 4.60. The molecular formula is C10H16BrN3. The number of rotatable bonds is 2. The molecule has 2 rings (SSSR count). The number of nitrogens with zero attached hydrogens (tertiary/aromatic N) is 2. The summed E-state index contributed by atoms with van der Waals surface area (Å²) in [6, 6.07) is 0. The van der Waals surface area contributed by atoms with Crippen LogP contribution in [0.3, 0.4) is 0 Å². The number of anilines is 1. The molecule has 78 valence electrons. The molecule has 1 aromatic heterocycles. The largest absolute Gasteiger partial charge is 0.356 e. The standard InChI is InChI=1S/C10H16BrN3/c1-7(2)6-8-9(11)14-5-3-4-12-10(14)13-8/h7H,3-6H2,1-2H3,(H,12,13). The van der Waals surface area contributed by atoms with E-state index in [9.17, 15) is 0 Å². The van der Waals surface area contributed by atoms with Gasteiger partial charge in [0.05, 0.1) is 5.69 Å². The van der Waals surface area contributed by atoms with E-state index in [1.807, 2.05) is 0 Å². The van der Waals surface area contributed by atoms with E-state index in [0.717, 1.165) is 30.1 Å². The second-order valence-corrected chi connectivity index (χ2v) is 4.95. The summed E-state index contributed by atoms with van der Waals surface area (Å²) in [6.45, 7) is 6.56. The third kappa shape index (κ3) is 1.80. The lowest BCUT2D eigenvalue weighted by Gasteiger charge is -2.15. The molecule has 0 saturated carbocycles. The van der Waals surface area contributed by atoms with Crippen molar-refractivity contribution in [1.82, 2.24) is 9.55 Å². The smallest absolute Gasteiger partial charge is 0.203 e. The molecule has 3 nitrogen and oxygen atoms in total. The fourth-order valence-electron chi connectivity index (χ4n) is 1.78. The minimum Gasteiger partial charge on any atom is -0.356 e. The molecule has 0 atom stereocenters. The second-order valence-electron chi connectivity index (χ2n) is 4.20. The molecule has 0 aliphatic carbocycles. The maximum Gasteiger partial charge on any atom is 0.203 e. The van der Waals surface area contributed by atoms with Crippen molar-refractivity contribution in [2.75, 3.05) is 11.9 Å². The summed E-state index contributed by atoms with van der Waals surface area (Å²) in [5, 5.41) is 3.32. The van der Waals surface area contributed by atoms with Crippen LogP contribution in [-0.4, -0.2) is 16.1 Å². The lowest BCUT2D eigenvalue weighted by Crippen LogP contribution is -2.17. The number of hydrogen-bond acceptors (Lipinski definition) is 2. The highest BCUT2D eigenvalue weighted by atomic mass is 79.9. The molecule has 0 bridgehead atoms. The van der Waals surface area contributed by atoms with Crippen molar-refractivity contribution in [2.24, 2.45) is 5.92 Å². The summed E-state index contributed by atoms with van der Waals surface area (Å²) in [7, 11) is 0. The molecule has 14 heavy (non-hydrogen) atoms. The molecule has 0 saturated heterocycles. The minimum absolute atomic E-state index is 0.656. The van der Waals surface area contributed by atoms with Gasteiger partial charge < -0.3 is 9.88 Å². The lowest BCUT2D eigenvalue weighted by atomic mass is 10.1. The number of imidazole rings is 1. The Bertz CT molecular complexity index is 330. The Labute approximate surface area is 93.0 Å². The van der Waals surface area contributed by atoms with Crippen molar-refractivity contribution in [3.63, 3.8) is 0 Å². The molecule has 0 amide bonds. The summed E-state index contributed by atoms with van der Waals surface area (Å²) in [5.41, 5.74) is 1.18. The third-order valence-corrected chi connectivity index (χ3v) is 3.30. The monoisotopic (exact) mass is 257 g/mol. The van der Waals surface area contributed by atoms with Gasteiger partial charge in [-0.25, -0.2) is 4.98 Å². The summed E-state index contributed by atoms with van der Waals surface area (Å²) < 4.78 is 3.38. The average Bonchev–Trinajstić information content (AvgIpc) is 2.44. The Balaban J connectivity index is 2.29. The van der Waals surface area contributed by atoms with Crippen molar-refractivity contribution in [1.29, 1.82) is 0 Å². The molecule has 1 aromatic rings. The van der Waals surface area contributed by atoms with Crippen molar-refractivity contribution in [3.05, 3.63) is 10.3 Å². The quantitative estimate of drug-likeness (QED) is 0.883. The van der Waals surface area contributed by atoms with Crippen molar-refractivity contribution >= 4 is 21.9 Å². The summed E-state index contributed by atoms with van der Waals surface area (Å²) >= 11 is 3.63. The molecule has 0 spiro atoms. The first-order valence-electron chi connectivity index (χ1n) is 5.17. The highest BCUT2D eigenvalue weighted by molar-refractivity contribution is 9.10. The molecule has 4 heteroatoms. The van der Waals surface area contributed by atoms with Gasteiger partial charge in [0, 0.05) is 13.1 Å². The summed E-state index contributed by atoms with van der Waals surface area (Å²) in [5.74, 6) is 1.68. The van der Waals surface area contributed by atoms with Gasteiger partial charge in [-0.15, -0.1) is 0 Å². The summed E-state index contributed by atoms with van der Waals surface area (Å²) in [4.78, 5) is 4.60. The predicted octanol–water partition coefficient (Wildman–Crippen LogP) is 2.66. The number of halogens is 1. The van der Waals surface area contributed by atoms with Crippen LogP contribution in [0, 0.1) is 5.92 Å². The second kappa shape index (κ2) is 3.93. The van der Waals surface area contributed by atoms with Crippen molar-refractivity contribution < 1.29 is 0 Å². The minimum atomic E-state index is 0.656. The van der Waals surface area contributed by atoms with E-state index in [1.54, 1.807) is 0 Å². The van der Waals surface area contributed by atoms with Crippen LogP contribution in [-0.2, 0) is 13.0 Å². The Morgan fingerprint density at radius 2 is 2.36 bits per heavy atom. The van der Waals surface area contributed by atoms with Crippen LogP contribution in [0.15, 0.2) is 4.60 Å². The normalized spacial score (nSPS) is 15.4. The van der Waals surface area contributed by atoms with Crippen LogP contribution in [0.5, 0.6) is 0 Å². The predicted molar refractivity (Wildman–Crippen MR) is 61.6 cm³/mol. The van der Waals surface area contributed by atoms with Crippen molar-refractivity contribution in [2.45, 2.75) is 33.2 Å². The first-order chi connectivity index (χ1) is 6.68. The Kier molecular flexibility index (Phi) is 2.81. The van der Waals surface area contributed by atoms with Gasteiger partial charge in [0.1, 0.15) is 4.60 Å². The van der Waals surface area contributed by atoms with E-state index >= 15 is 0 Å². The first-order valence-corrected chi connectivity index (χ1v) is 5.96. The molecule has 1 aliphatic rings. The van der Waals surface area contributed by atoms with Crippen LogP contribution < -0.4 is 5.32 Å². The Morgan fingerprint density at radius 3 is 3.00 bits per heavy atom. The van der Waals surface area contributed by atoms with Gasteiger partial charge in [-0.2, -0.15) is 0 Å². The van der Waals surface area contributed by atoms with E-state index in [0.29, 0.717) is 5.92 Å². The van der Waals surface area contributed by atoms with Crippen LogP contribution >= 0.6 is 15.9 Å². The van der Waals surface area contributed by atoms with E-state index in [-0.39, 0.29) is 0 Å². The zero-order valence-electron chi connectivity index (χ0n) is 8.68. The topological polar surface area (TPSA) is 29.9 Å². The van der Waals surface area contributed by atoms with Crippen LogP contribution in [0.2, 0.25) is 0 Å². The van der Waals surface area contributed by atoms with Gasteiger partial charge in [-0.3, -0.25) is 0 Å². The van der Waals surface area contributed by atoms with Crippen LogP contribution in [0.1, 0.15) is 26.0 Å². The highest BCUT2D eigenvalue weighted by Crippen LogP contribution is 2.26. The van der Waals surface area contributed by atoms with E-state index < -0.39 is 0 Å². The Hall–Kier alpha value is -0.510. The van der Waals surface area contributed by atoms with E-state index in [2.05, 4.69) is 44.6 Å². The molecule has 1 N–H and O–H groups in total. The zero-order valence-corrected chi connectivity index (χ0v) is 10.3. The third-order valence-electron chi connectivity index (χ3n) is 2.41. The number of aromatic nitrogens is 2. The molecular weight excluding hydrogens is 242 g/mol. The average molecular weight is 258 g/mol. The van der Waals surface area contributed by atoms with Crippen molar-refractivity contribution in [3.8, 4) is 0 Å². The number of hydrogen-bond donors (Lipinski definition) is 1. The fraction of sp³-hybridized carbons (Fsp3) is 0.700. The van der Waals surface area contributed by atoms with E-state index in [1.165, 1.54) is 12.1 Å². The molecule has 2 heterocycles. The van der Waals surface area contributed by atoms with Gasteiger partial charge in [0.15, 0.2) is 0 Å². The van der Waals surface area contributed by atoms with Gasteiger partial charge in [0.25, 0.3) is 0 Å². The van der Waals surface area contributed by atoms with Gasteiger partial charge >= 0.3 is 0 Å². The molecule has 0 fully saturated rings. The molecule has 0 aromatic carbocycles. The fourth-order valence-corrected chi connectivity index (χ4v) is 2.37. The number of nitrogens with one attached hydrogen (secondary N) is 1. The molecule has 0 unspecified atom stereocenters. The highest BCUT2D eigenvalue weighted by Gasteiger charge is 2.17. The Morgan fingerprint density at radius 1 is 1.57 bits per heavy atom. The molecule has 0 radical (unpaired) electrons. The van der Waals surface area contributed by atoms with E-state index in [4.69, 9.17) is 0 Å².